The van der Waals surface area contributed by atoms with Gasteiger partial charge in [0.1, 0.15) is 0 Å². The second-order valence-electron chi connectivity index (χ2n) is 12.6. The maximum absolute atomic E-state index is 14.5. The standard InChI is InChI=1S/C41H43N3O.C2H6/c1-7-9-10-18-31(27(3)4)33-21-14-22-35-40(33)44(6)38-23-28-17-13-20-34(37-26-42-25-29-16-11-12-19-32(29)37)39(28)43(5)30(15-8-2)24-36(38)41(35)45;1-2/h8,11-17,19-27,31H,2,7,9-10,18H2,1,3-6H3;1-2H3/b30-15-,36-24+,38-23+;. The number of benzene rings is 3. The van der Waals surface area contributed by atoms with Gasteiger partial charge in [-0.3, -0.25) is 9.78 Å². The first-order valence-electron chi connectivity index (χ1n) is 17.2. The zero-order valence-electron chi connectivity index (χ0n) is 29.2. The molecular formula is C43H49N3O. The van der Waals surface area contributed by atoms with Crippen LogP contribution in [0.15, 0.2) is 102 Å². The van der Waals surface area contributed by atoms with E-state index in [2.05, 4.69) is 111 Å². The van der Waals surface area contributed by atoms with E-state index in [0.717, 1.165) is 61.5 Å². The number of fused-ring (bicyclic) bond motifs is 4. The number of nitrogens with zero attached hydrogens (tertiary/aromatic N) is 3. The van der Waals surface area contributed by atoms with E-state index in [4.69, 9.17) is 0 Å². The first-order valence-corrected chi connectivity index (χ1v) is 17.2. The molecule has 1 unspecified atom stereocenters. The van der Waals surface area contributed by atoms with Crippen LogP contribution in [0.1, 0.15) is 77.3 Å². The number of para-hydroxylation sites is 2. The summed E-state index contributed by atoms with van der Waals surface area (Å²) < 4.78 is 2.26. The lowest BCUT2D eigenvalue weighted by Gasteiger charge is -2.28. The molecule has 0 bridgehead atoms. The fourth-order valence-electron chi connectivity index (χ4n) is 7.16. The van der Waals surface area contributed by atoms with Gasteiger partial charge in [-0.05, 0) is 53.5 Å². The molecule has 2 aromatic heterocycles. The summed E-state index contributed by atoms with van der Waals surface area (Å²) in [6.07, 6.45) is 16.6. The van der Waals surface area contributed by atoms with Gasteiger partial charge in [-0.1, -0.05) is 121 Å². The van der Waals surface area contributed by atoms with Crippen molar-refractivity contribution in [3.63, 3.8) is 0 Å². The summed E-state index contributed by atoms with van der Waals surface area (Å²) in [6, 6.07) is 21.1. The summed E-state index contributed by atoms with van der Waals surface area (Å²) in [5.41, 5.74) is 7.54. The summed E-state index contributed by atoms with van der Waals surface area (Å²) in [5.74, 6) is 0.843. The molecule has 0 fully saturated rings. The van der Waals surface area contributed by atoms with Gasteiger partial charge in [0, 0.05) is 64.9 Å². The van der Waals surface area contributed by atoms with Crippen LogP contribution in [-0.2, 0) is 7.05 Å². The van der Waals surface area contributed by atoms with Gasteiger partial charge in [0.2, 0.25) is 0 Å². The number of pyridine rings is 2. The Hall–Kier alpha value is -4.70. The number of rotatable bonds is 8. The molecule has 3 aromatic carbocycles. The maximum atomic E-state index is 14.5. The third kappa shape index (κ3) is 6.34. The smallest absolute Gasteiger partial charge is 0.197 e. The molecule has 1 atom stereocenters. The second-order valence-corrected chi connectivity index (χ2v) is 12.6. The summed E-state index contributed by atoms with van der Waals surface area (Å²) in [5, 5.41) is 4.63. The van der Waals surface area contributed by atoms with Gasteiger partial charge in [-0.25, -0.2) is 0 Å². The Kier molecular flexibility index (Phi) is 10.6. The summed E-state index contributed by atoms with van der Waals surface area (Å²) >= 11 is 0. The Morgan fingerprint density at radius 3 is 2.36 bits per heavy atom. The van der Waals surface area contributed by atoms with E-state index in [9.17, 15) is 4.79 Å². The highest BCUT2D eigenvalue weighted by Gasteiger charge is 2.23. The van der Waals surface area contributed by atoms with E-state index in [1.165, 1.54) is 24.8 Å². The average molecular weight is 624 g/mol. The molecule has 242 valence electrons. The van der Waals surface area contributed by atoms with Gasteiger partial charge >= 0.3 is 0 Å². The molecule has 4 nitrogen and oxygen atoms in total. The molecule has 0 saturated carbocycles. The van der Waals surface area contributed by atoms with E-state index in [-0.39, 0.29) is 5.43 Å². The molecule has 47 heavy (non-hydrogen) atoms. The van der Waals surface area contributed by atoms with Crippen molar-refractivity contribution >= 4 is 39.5 Å². The molecule has 0 N–H and O–H groups in total. The first kappa shape index (κ1) is 33.7. The first-order chi connectivity index (χ1) is 22.8. The minimum Gasteiger partial charge on any atom is -0.344 e. The second kappa shape index (κ2) is 14.8. The fourth-order valence-corrected chi connectivity index (χ4v) is 7.16. The molecule has 0 spiro atoms. The zero-order chi connectivity index (χ0) is 33.7. The fraction of sp³-hybridized carbons (Fsp3) is 0.302. The van der Waals surface area contributed by atoms with Gasteiger partial charge in [0.05, 0.1) is 16.6 Å². The Bertz CT molecular complexity index is 2130. The maximum Gasteiger partial charge on any atom is 0.197 e. The van der Waals surface area contributed by atoms with Crippen molar-refractivity contribution in [3.8, 4) is 11.1 Å². The quantitative estimate of drug-likeness (QED) is 0.162. The van der Waals surface area contributed by atoms with E-state index in [1.54, 1.807) is 6.08 Å². The van der Waals surface area contributed by atoms with Crippen LogP contribution >= 0.6 is 0 Å². The number of unbranched alkanes of at least 4 members (excludes halogenated alkanes) is 2. The minimum absolute atomic E-state index is 0.0634. The third-order valence-electron chi connectivity index (χ3n) is 9.47. The van der Waals surface area contributed by atoms with Crippen LogP contribution in [0.3, 0.4) is 0 Å². The summed E-state index contributed by atoms with van der Waals surface area (Å²) in [7, 11) is 4.19. The van der Waals surface area contributed by atoms with Gasteiger partial charge in [-0.15, -0.1) is 0 Å². The molecule has 1 aliphatic rings. The molecule has 4 heteroatoms. The average Bonchev–Trinajstić information content (AvgIpc) is 3.09. The van der Waals surface area contributed by atoms with Crippen molar-refractivity contribution in [1.82, 2.24) is 9.55 Å². The molecule has 1 aliphatic heterocycles. The molecule has 0 saturated heterocycles. The lowest BCUT2D eigenvalue weighted by atomic mass is 9.83. The summed E-state index contributed by atoms with van der Waals surface area (Å²) in [6.45, 7) is 14.9. The van der Waals surface area contributed by atoms with Crippen molar-refractivity contribution in [3.05, 3.63) is 129 Å². The van der Waals surface area contributed by atoms with E-state index in [0.29, 0.717) is 17.1 Å². The molecule has 3 heterocycles. The SMILES string of the molecule is C=C/C=C1/C=c2/c(=O)c3cccc(C(CCCCC)C(C)C)c3n(C)/c2=C/c2cccc(-c3cncc4ccccc34)c2N1C.CC. The van der Waals surface area contributed by atoms with Crippen LogP contribution in [0.4, 0.5) is 5.69 Å². The van der Waals surface area contributed by atoms with Gasteiger partial charge in [0.15, 0.2) is 5.43 Å². The van der Waals surface area contributed by atoms with E-state index < -0.39 is 0 Å². The van der Waals surface area contributed by atoms with Crippen LogP contribution < -0.4 is 20.9 Å². The van der Waals surface area contributed by atoms with Crippen LogP contribution in [0.2, 0.25) is 0 Å². The molecule has 6 rings (SSSR count). The largest absolute Gasteiger partial charge is 0.344 e. The Morgan fingerprint density at radius 1 is 0.872 bits per heavy atom. The zero-order valence-corrected chi connectivity index (χ0v) is 29.2. The highest BCUT2D eigenvalue weighted by atomic mass is 16.1. The molecule has 0 amide bonds. The van der Waals surface area contributed by atoms with Crippen molar-refractivity contribution in [1.29, 1.82) is 0 Å². The normalized spacial score (nSPS) is 15.4. The lowest BCUT2D eigenvalue weighted by Crippen LogP contribution is -2.46. The molecule has 0 radical (unpaired) electrons. The van der Waals surface area contributed by atoms with Gasteiger partial charge < -0.3 is 9.47 Å². The topological polar surface area (TPSA) is 38.1 Å². The molecule has 5 aromatic rings. The number of aryl methyl sites for hydroxylation is 1. The molecular weight excluding hydrogens is 574 g/mol. The number of anilines is 1. The molecule has 0 aliphatic carbocycles. The predicted molar refractivity (Wildman–Crippen MR) is 203 cm³/mol. The Labute approximate surface area is 280 Å². The van der Waals surface area contributed by atoms with Crippen LogP contribution in [0.5, 0.6) is 0 Å². The van der Waals surface area contributed by atoms with Crippen LogP contribution in [0.25, 0.3) is 45.0 Å². The van der Waals surface area contributed by atoms with Gasteiger partial charge in [-0.2, -0.15) is 0 Å². The predicted octanol–water partition coefficient (Wildman–Crippen LogP) is 9.23. The number of aromatic nitrogens is 2. The number of hydrogen-bond acceptors (Lipinski definition) is 3. The van der Waals surface area contributed by atoms with E-state index in [1.807, 2.05) is 50.5 Å². The highest BCUT2D eigenvalue weighted by Crippen LogP contribution is 2.39. The lowest BCUT2D eigenvalue weighted by molar-refractivity contribution is 0.448. The Morgan fingerprint density at radius 2 is 1.62 bits per heavy atom. The van der Waals surface area contributed by atoms with Crippen molar-refractivity contribution in [2.24, 2.45) is 13.0 Å². The monoisotopic (exact) mass is 623 g/mol. The van der Waals surface area contributed by atoms with Crippen LogP contribution in [0, 0.1) is 5.92 Å². The highest BCUT2D eigenvalue weighted by molar-refractivity contribution is 6.01. The third-order valence-corrected chi connectivity index (χ3v) is 9.47. The van der Waals surface area contributed by atoms with Crippen molar-refractivity contribution in [2.75, 3.05) is 11.9 Å². The van der Waals surface area contributed by atoms with E-state index >= 15 is 0 Å². The number of allylic oxidation sites excluding steroid dienone is 3. The Balaban J connectivity index is 0.00000213. The van der Waals surface area contributed by atoms with Gasteiger partial charge in [0.25, 0.3) is 0 Å². The number of hydrogen-bond donors (Lipinski definition) is 0. The van der Waals surface area contributed by atoms with Crippen LogP contribution in [-0.4, -0.2) is 16.6 Å². The van der Waals surface area contributed by atoms with Crippen molar-refractivity contribution in [2.45, 2.75) is 66.2 Å². The van der Waals surface area contributed by atoms with Crippen molar-refractivity contribution < 1.29 is 0 Å². The minimum atomic E-state index is 0.0634. The summed E-state index contributed by atoms with van der Waals surface area (Å²) in [4.78, 5) is 21.2.